The Balaban J connectivity index is 1.09. The summed E-state index contributed by atoms with van der Waals surface area (Å²) in [6.45, 7) is 0. The first-order valence-electron chi connectivity index (χ1n) is 21.6. The maximum Gasteiger partial charge on any atom is 0.137 e. The molecule has 0 aliphatic rings. The predicted octanol–water partition coefficient (Wildman–Crippen LogP) is 18.0. The number of thiophene rings is 1. The highest BCUT2D eigenvalue weighted by atomic mass is 32.1. The summed E-state index contributed by atoms with van der Waals surface area (Å²) in [5.41, 5.74) is 15.9. The molecule has 0 bridgehead atoms. The minimum Gasteiger partial charge on any atom is -0.456 e. The van der Waals surface area contributed by atoms with Gasteiger partial charge in [-0.15, -0.1) is 11.3 Å². The van der Waals surface area contributed by atoms with E-state index in [-0.39, 0.29) is 0 Å². The van der Waals surface area contributed by atoms with Crippen molar-refractivity contribution < 1.29 is 8.83 Å². The molecule has 0 saturated heterocycles. The summed E-state index contributed by atoms with van der Waals surface area (Å²) < 4.78 is 15.9. The van der Waals surface area contributed by atoms with E-state index in [0.29, 0.717) is 0 Å². The van der Waals surface area contributed by atoms with E-state index in [1.807, 2.05) is 23.5 Å². The van der Waals surface area contributed by atoms with E-state index >= 15 is 0 Å². The van der Waals surface area contributed by atoms with Gasteiger partial charge in [-0.3, -0.25) is 0 Å². The van der Waals surface area contributed by atoms with Crippen molar-refractivity contribution in [3.05, 3.63) is 224 Å². The summed E-state index contributed by atoms with van der Waals surface area (Å²) in [6.07, 6.45) is 0. The van der Waals surface area contributed by atoms with Gasteiger partial charge in [-0.05, 0) is 105 Å². The molecule has 300 valence electrons. The number of hydrogen-bond acceptors (Lipinski definition) is 4. The van der Waals surface area contributed by atoms with Crippen molar-refractivity contribution in [3.8, 4) is 44.5 Å². The molecule has 64 heavy (non-hydrogen) atoms. The third-order valence-electron chi connectivity index (χ3n) is 12.7. The first-order valence-corrected chi connectivity index (χ1v) is 22.5. The first-order chi connectivity index (χ1) is 31.7. The highest BCUT2D eigenvalue weighted by Crippen LogP contribution is 2.51. The third-order valence-corrected chi connectivity index (χ3v) is 13.8. The van der Waals surface area contributed by atoms with E-state index in [2.05, 4.69) is 217 Å². The Hall–Kier alpha value is -8.18. The minimum atomic E-state index is 0.841. The molecule has 0 spiro atoms. The highest BCUT2D eigenvalue weighted by Gasteiger charge is 2.24. The van der Waals surface area contributed by atoms with Crippen molar-refractivity contribution in [2.24, 2.45) is 0 Å². The van der Waals surface area contributed by atoms with Crippen LogP contribution in [0, 0.1) is 0 Å². The van der Waals surface area contributed by atoms with Crippen LogP contribution in [0.4, 0.5) is 17.1 Å². The summed E-state index contributed by atoms with van der Waals surface area (Å²) in [5.74, 6) is 0. The van der Waals surface area contributed by atoms with Crippen molar-refractivity contribution in [2.75, 3.05) is 4.90 Å². The van der Waals surface area contributed by atoms with Gasteiger partial charge in [0.05, 0.1) is 5.69 Å². The summed E-state index contributed by atoms with van der Waals surface area (Å²) in [5, 5.41) is 6.78. The van der Waals surface area contributed by atoms with E-state index in [0.717, 1.165) is 83.2 Å². The van der Waals surface area contributed by atoms with E-state index in [1.165, 1.54) is 42.4 Å². The fourth-order valence-corrected chi connectivity index (χ4v) is 11.0. The number of benzene rings is 10. The Labute approximate surface area is 373 Å². The number of rotatable bonds is 7. The van der Waals surface area contributed by atoms with Gasteiger partial charge in [0.25, 0.3) is 0 Å². The Morgan fingerprint density at radius 1 is 0.312 bits per heavy atom. The van der Waals surface area contributed by atoms with Gasteiger partial charge in [0.1, 0.15) is 22.3 Å². The average molecular weight is 836 g/mol. The normalized spacial score (nSPS) is 11.8. The Morgan fingerprint density at radius 3 is 1.64 bits per heavy atom. The third kappa shape index (κ3) is 5.95. The lowest BCUT2D eigenvalue weighted by molar-refractivity contribution is 0.668. The Bertz CT molecular complexity index is 3890. The van der Waals surface area contributed by atoms with Gasteiger partial charge >= 0.3 is 0 Å². The predicted molar refractivity (Wildman–Crippen MR) is 270 cm³/mol. The van der Waals surface area contributed by atoms with Gasteiger partial charge < -0.3 is 13.7 Å². The van der Waals surface area contributed by atoms with Gasteiger partial charge in [-0.25, -0.2) is 0 Å². The zero-order valence-electron chi connectivity index (χ0n) is 34.5. The molecular weight excluding hydrogens is 799 g/mol. The minimum absolute atomic E-state index is 0.841. The van der Waals surface area contributed by atoms with Gasteiger partial charge in [0.15, 0.2) is 0 Å². The van der Waals surface area contributed by atoms with Crippen LogP contribution in [0.3, 0.4) is 0 Å². The maximum atomic E-state index is 6.81. The second-order valence-corrected chi connectivity index (χ2v) is 17.5. The van der Waals surface area contributed by atoms with Crippen LogP contribution in [-0.2, 0) is 0 Å². The van der Waals surface area contributed by atoms with Crippen LogP contribution in [0.15, 0.2) is 233 Å². The van der Waals surface area contributed by atoms with Gasteiger partial charge in [-0.2, -0.15) is 0 Å². The molecule has 0 N–H and O–H groups in total. The molecule has 4 heteroatoms. The molecule has 13 rings (SSSR count). The molecule has 3 nitrogen and oxygen atoms in total. The van der Waals surface area contributed by atoms with Crippen molar-refractivity contribution in [3.63, 3.8) is 0 Å². The summed E-state index contributed by atoms with van der Waals surface area (Å²) >= 11 is 1.86. The lowest BCUT2D eigenvalue weighted by atomic mass is 9.94. The van der Waals surface area contributed by atoms with Crippen LogP contribution in [0.2, 0.25) is 0 Å². The summed E-state index contributed by atoms with van der Waals surface area (Å²) in [7, 11) is 0. The van der Waals surface area contributed by atoms with E-state index in [1.54, 1.807) is 0 Å². The number of anilines is 3. The molecule has 0 aliphatic heterocycles. The second kappa shape index (κ2) is 14.7. The van der Waals surface area contributed by atoms with Gasteiger partial charge in [0.2, 0.25) is 0 Å². The molecule has 0 saturated carbocycles. The SMILES string of the molecule is c1ccc(-c2cc(-c3ccccc3)c3c(c2)oc2ccc(N(c4ccc5c(c4)oc4ccccc45)c4ccc(-c5ccccc5)c5sc6cc(-c7ccccc7)ccc6c45)cc23)cc1. The molecule has 13 aromatic rings. The second-order valence-electron chi connectivity index (χ2n) is 16.4. The largest absolute Gasteiger partial charge is 0.456 e. The molecular formula is C60H37NO2S. The molecule has 0 radical (unpaired) electrons. The van der Waals surface area contributed by atoms with E-state index < -0.39 is 0 Å². The molecule has 0 amide bonds. The van der Waals surface area contributed by atoms with Gasteiger partial charge in [0, 0.05) is 59.2 Å². The number of furan rings is 2. The van der Waals surface area contributed by atoms with Crippen LogP contribution in [-0.4, -0.2) is 0 Å². The Kier molecular flexibility index (Phi) is 8.40. The summed E-state index contributed by atoms with van der Waals surface area (Å²) in [6, 6.07) is 80.3. The van der Waals surface area contributed by atoms with Crippen molar-refractivity contribution in [1.29, 1.82) is 0 Å². The smallest absolute Gasteiger partial charge is 0.137 e. The van der Waals surface area contributed by atoms with Crippen LogP contribution in [0.1, 0.15) is 0 Å². The number of hydrogen-bond donors (Lipinski definition) is 0. The topological polar surface area (TPSA) is 29.5 Å². The van der Waals surface area contributed by atoms with Gasteiger partial charge in [-0.1, -0.05) is 158 Å². The zero-order valence-corrected chi connectivity index (χ0v) is 35.4. The first kappa shape index (κ1) is 36.5. The van der Waals surface area contributed by atoms with E-state index in [9.17, 15) is 0 Å². The standard InChI is InChI=1S/C60H37NO2S/c1-5-15-38(16-6-1)42-25-28-49-57(35-42)64-60-46(40-19-9-3-10-20-40)30-31-52(59(49)60)61(45-26-29-48-47-23-13-14-24-53(47)62-55(48)37-45)44-27-32-54-51(36-44)58-50(41-21-11-4-12-22-41)33-43(34-56(58)63-54)39-17-7-2-8-18-39/h1-37H. The monoisotopic (exact) mass is 835 g/mol. The van der Waals surface area contributed by atoms with E-state index in [4.69, 9.17) is 8.83 Å². The highest BCUT2D eigenvalue weighted by molar-refractivity contribution is 7.26. The number of fused-ring (bicyclic) bond motifs is 9. The van der Waals surface area contributed by atoms with Crippen LogP contribution in [0.25, 0.3) is 109 Å². The van der Waals surface area contributed by atoms with Crippen molar-refractivity contribution in [1.82, 2.24) is 0 Å². The zero-order chi connectivity index (χ0) is 42.1. The fourth-order valence-electron chi connectivity index (χ4n) is 9.66. The Morgan fingerprint density at radius 2 is 0.891 bits per heavy atom. The van der Waals surface area contributed by atoms with Crippen molar-refractivity contribution in [2.45, 2.75) is 0 Å². The molecule has 3 aromatic heterocycles. The summed E-state index contributed by atoms with van der Waals surface area (Å²) in [4.78, 5) is 2.42. The van der Waals surface area contributed by atoms with Crippen LogP contribution >= 0.6 is 11.3 Å². The molecule has 0 unspecified atom stereocenters. The fraction of sp³-hybridized carbons (Fsp3) is 0. The van der Waals surface area contributed by atoms with Crippen LogP contribution in [0.5, 0.6) is 0 Å². The molecule has 0 aliphatic carbocycles. The average Bonchev–Trinajstić information content (AvgIpc) is 4.06. The molecule has 0 atom stereocenters. The maximum absolute atomic E-state index is 6.81. The van der Waals surface area contributed by atoms with Crippen LogP contribution < -0.4 is 4.90 Å². The van der Waals surface area contributed by atoms with Crippen molar-refractivity contribution >= 4 is 92.4 Å². The number of nitrogens with zero attached hydrogens (tertiary/aromatic N) is 1. The molecule has 0 fully saturated rings. The lowest BCUT2D eigenvalue weighted by Crippen LogP contribution is -2.10. The quantitative estimate of drug-likeness (QED) is 0.160. The lowest BCUT2D eigenvalue weighted by Gasteiger charge is -2.27. The molecule has 3 heterocycles. The molecule has 10 aromatic carbocycles. The number of para-hydroxylation sites is 1.